The quantitative estimate of drug-likeness (QED) is 0.200. The number of ether oxygens (including phenoxy) is 10. The van der Waals surface area contributed by atoms with Gasteiger partial charge in [0.05, 0.1) is 12.0 Å². The molecule has 0 bridgehead atoms. The summed E-state index contributed by atoms with van der Waals surface area (Å²) < 4.78 is 55.4. The molecule has 0 saturated carbocycles. The largest absolute Gasteiger partial charge is 0.463 e. The third kappa shape index (κ3) is 11.2. The van der Waals surface area contributed by atoms with Crippen LogP contribution >= 0.6 is 0 Å². The number of esters is 7. The molecule has 2 aliphatic heterocycles. The number of rotatable bonds is 12. The van der Waals surface area contributed by atoms with Crippen molar-refractivity contribution in [3.05, 3.63) is 0 Å². The van der Waals surface area contributed by atoms with Crippen LogP contribution in [0, 0.1) is 5.92 Å². The lowest BCUT2D eigenvalue weighted by Gasteiger charge is -2.48. The summed E-state index contributed by atoms with van der Waals surface area (Å²) in [4.78, 5) is 84.1. The maximum Gasteiger partial charge on any atom is 0.303 e. The maximum absolute atomic E-state index is 12.3. The fourth-order valence-electron chi connectivity index (χ4n) is 5.23. The molecule has 17 nitrogen and oxygen atoms in total. The van der Waals surface area contributed by atoms with Crippen LogP contribution in [0.3, 0.4) is 0 Å². The smallest absolute Gasteiger partial charge is 0.303 e. The molecule has 0 amide bonds. The Bertz CT molecular complexity index is 1100. The van der Waals surface area contributed by atoms with Crippen molar-refractivity contribution >= 4 is 41.8 Å². The summed E-state index contributed by atoms with van der Waals surface area (Å²) in [5.74, 6) is -6.35. The van der Waals surface area contributed by atoms with Crippen LogP contribution in [0.1, 0.15) is 54.9 Å². The third-order valence-electron chi connectivity index (χ3n) is 6.65. The van der Waals surface area contributed by atoms with E-state index in [9.17, 15) is 33.6 Å². The minimum absolute atomic E-state index is 0.242. The second-order valence-electron chi connectivity index (χ2n) is 10.4. The summed E-state index contributed by atoms with van der Waals surface area (Å²) in [6, 6.07) is 0. The van der Waals surface area contributed by atoms with Gasteiger partial charge in [-0.2, -0.15) is 0 Å². The van der Waals surface area contributed by atoms with Gasteiger partial charge in [0.15, 0.2) is 30.7 Å². The first kappa shape index (κ1) is 37.4. The zero-order chi connectivity index (χ0) is 34.0. The van der Waals surface area contributed by atoms with E-state index < -0.39 is 116 Å². The number of carbonyl (C=O) groups is 7. The van der Waals surface area contributed by atoms with Gasteiger partial charge in [-0.05, 0) is 6.42 Å². The Labute approximate surface area is 259 Å². The average Bonchev–Trinajstić information content (AvgIpc) is 2.90. The summed E-state index contributed by atoms with van der Waals surface area (Å²) in [5, 5.41) is 0. The van der Waals surface area contributed by atoms with E-state index >= 15 is 0 Å². The van der Waals surface area contributed by atoms with Gasteiger partial charge < -0.3 is 47.4 Å². The molecule has 254 valence electrons. The summed E-state index contributed by atoms with van der Waals surface area (Å²) in [7, 11) is 1.28. The third-order valence-corrected chi connectivity index (χ3v) is 6.65. The van der Waals surface area contributed by atoms with E-state index in [-0.39, 0.29) is 6.42 Å². The van der Waals surface area contributed by atoms with E-state index in [4.69, 9.17) is 47.4 Å². The Morgan fingerprint density at radius 1 is 0.467 bits per heavy atom. The normalized spacial score (nSPS) is 31.0. The van der Waals surface area contributed by atoms with Crippen LogP contribution in [0.5, 0.6) is 0 Å². The van der Waals surface area contributed by atoms with E-state index in [0.29, 0.717) is 0 Å². The molecule has 2 saturated heterocycles. The molecule has 2 rings (SSSR count). The lowest BCUT2D eigenvalue weighted by Crippen LogP contribution is -2.64. The van der Waals surface area contributed by atoms with Crippen molar-refractivity contribution in [1.29, 1.82) is 0 Å². The van der Waals surface area contributed by atoms with Gasteiger partial charge in [0, 0.05) is 55.6 Å². The van der Waals surface area contributed by atoms with Gasteiger partial charge in [0.25, 0.3) is 0 Å². The molecule has 0 spiro atoms. The molecule has 0 unspecified atom stereocenters. The predicted octanol–water partition coefficient (Wildman–Crippen LogP) is -0.0839. The Kier molecular flexibility index (Phi) is 14.1. The topological polar surface area (TPSA) is 212 Å². The van der Waals surface area contributed by atoms with Gasteiger partial charge in [0.2, 0.25) is 0 Å². The summed E-state index contributed by atoms with van der Waals surface area (Å²) >= 11 is 0. The van der Waals surface area contributed by atoms with Crippen molar-refractivity contribution in [2.45, 2.75) is 110 Å². The van der Waals surface area contributed by atoms with Crippen molar-refractivity contribution in [1.82, 2.24) is 0 Å². The zero-order valence-electron chi connectivity index (χ0n) is 26.3. The molecule has 0 aromatic heterocycles. The molecule has 45 heavy (non-hydrogen) atoms. The van der Waals surface area contributed by atoms with Gasteiger partial charge in [-0.15, -0.1) is 0 Å². The maximum atomic E-state index is 12.3. The molecule has 10 atom stereocenters. The molecule has 0 radical (unpaired) electrons. The second-order valence-corrected chi connectivity index (χ2v) is 10.4. The lowest BCUT2D eigenvalue weighted by molar-refractivity contribution is -0.299. The van der Waals surface area contributed by atoms with E-state index in [0.717, 1.165) is 48.5 Å². The van der Waals surface area contributed by atoms with Crippen LogP contribution in [0.25, 0.3) is 0 Å². The molecule has 0 aromatic carbocycles. The fourth-order valence-corrected chi connectivity index (χ4v) is 5.23. The minimum Gasteiger partial charge on any atom is -0.463 e. The van der Waals surface area contributed by atoms with E-state index in [1.165, 1.54) is 7.11 Å². The highest BCUT2D eigenvalue weighted by Gasteiger charge is 2.56. The average molecular weight is 649 g/mol. The number of methoxy groups -OCH3 is 1. The van der Waals surface area contributed by atoms with E-state index in [2.05, 4.69) is 0 Å². The van der Waals surface area contributed by atoms with Gasteiger partial charge in [-0.25, -0.2) is 0 Å². The number of hydrogen-bond donors (Lipinski definition) is 0. The van der Waals surface area contributed by atoms with Crippen LogP contribution in [0.4, 0.5) is 0 Å². The van der Waals surface area contributed by atoms with Crippen molar-refractivity contribution < 1.29 is 80.9 Å². The van der Waals surface area contributed by atoms with Crippen molar-refractivity contribution in [3.8, 4) is 0 Å². The van der Waals surface area contributed by atoms with Crippen LogP contribution in [0.15, 0.2) is 0 Å². The Morgan fingerprint density at radius 2 is 0.822 bits per heavy atom. The molecule has 0 N–H and O–H groups in total. The first-order valence-electron chi connectivity index (χ1n) is 14.0. The minimum atomic E-state index is -1.45. The standard InChI is InChI=1S/C28H40O17/c1-12(29)37-10-21-26(42-17(6)34)27(43-18(7)35)24(40-15(4)32)20(44-21)9-19-23(39-14(3)31)25(41-16(5)33)22(11-38-13(2)30)45-28(19)36-8/h19-28H,9-11H2,1-8H3/t19-,20+,21-,22-,23-,24+,25-,26-,27-,28+/m1/s1. The highest BCUT2D eigenvalue weighted by atomic mass is 16.7. The molecule has 0 aromatic rings. The predicted molar refractivity (Wildman–Crippen MR) is 143 cm³/mol. The Hall–Kier alpha value is -3.83. The molecular formula is C28H40O17. The molecule has 17 heteroatoms. The van der Waals surface area contributed by atoms with Crippen molar-refractivity contribution in [2.24, 2.45) is 5.92 Å². The van der Waals surface area contributed by atoms with Crippen molar-refractivity contribution in [2.75, 3.05) is 20.3 Å². The number of hydrogen-bond acceptors (Lipinski definition) is 17. The first-order valence-corrected chi connectivity index (χ1v) is 14.0. The molecule has 2 fully saturated rings. The van der Waals surface area contributed by atoms with Gasteiger partial charge in [0.1, 0.15) is 31.5 Å². The summed E-state index contributed by atoms with van der Waals surface area (Å²) in [5.41, 5.74) is 0. The molecule has 0 aliphatic carbocycles. The molecule has 2 aliphatic rings. The lowest BCUT2D eigenvalue weighted by atomic mass is 9.82. The van der Waals surface area contributed by atoms with E-state index in [1.807, 2.05) is 0 Å². The fraction of sp³-hybridized carbons (Fsp3) is 0.750. The summed E-state index contributed by atoms with van der Waals surface area (Å²) in [6.45, 7) is 6.95. The first-order chi connectivity index (χ1) is 21.0. The highest BCUT2D eigenvalue weighted by Crippen LogP contribution is 2.39. The Balaban J connectivity index is 2.64. The SMILES string of the molecule is CO[C@H]1O[C@H](COC(C)=O)[C@@H](OC(C)=O)[C@H](OC(C)=O)[C@H]1C[C@@H]1O[C@H](COC(C)=O)[C@@H](OC(C)=O)[C@H](OC(C)=O)[C@H]1OC(C)=O. The highest BCUT2D eigenvalue weighted by molar-refractivity contribution is 5.69. The zero-order valence-corrected chi connectivity index (χ0v) is 26.3. The van der Waals surface area contributed by atoms with Crippen molar-refractivity contribution in [3.63, 3.8) is 0 Å². The number of carbonyl (C=O) groups excluding carboxylic acids is 7. The second kappa shape index (κ2) is 17.0. The van der Waals surface area contributed by atoms with Crippen LogP contribution < -0.4 is 0 Å². The van der Waals surface area contributed by atoms with Crippen LogP contribution in [0.2, 0.25) is 0 Å². The van der Waals surface area contributed by atoms with Crippen LogP contribution in [-0.2, 0) is 80.9 Å². The van der Waals surface area contributed by atoms with E-state index in [1.54, 1.807) is 0 Å². The van der Waals surface area contributed by atoms with Gasteiger partial charge >= 0.3 is 41.8 Å². The van der Waals surface area contributed by atoms with Crippen LogP contribution in [-0.4, -0.2) is 117 Å². The monoisotopic (exact) mass is 648 g/mol. The van der Waals surface area contributed by atoms with Gasteiger partial charge in [-0.3, -0.25) is 33.6 Å². The Morgan fingerprint density at radius 3 is 1.22 bits per heavy atom. The summed E-state index contributed by atoms with van der Waals surface area (Å²) in [6.07, 6.45) is -11.9. The van der Waals surface area contributed by atoms with Gasteiger partial charge in [-0.1, -0.05) is 0 Å². The molecular weight excluding hydrogens is 608 g/mol. The molecule has 2 heterocycles.